The zero-order valence-corrected chi connectivity index (χ0v) is 9.53. The number of rotatable bonds is 4. The van der Waals surface area contributed by atoms with Crippen LogP contribution >= 0.6 is 0 Å². The van der Waals surface area contributed by atoms with E-state index in [-0.39, 0.29) is 11.4 Å². The standard InChI is InChI=1S/C13H17NO2/c1-16-13(7-2-8-13)9-12(15)10-3-5-11(14)6-4-10/h3-6H,2,7-9,14H2,1H3. The Morgan fingerprint density at radius 1 is 1.38 bits per heavy atom. The largest absolute Gasteiger partial charge is 0.399 e. The summed E-state index contributed by atoms with van der Waals surface area (Å²) in [5.41, 5.74) is 6.79. The molecule has 16 heavy (non-hydrogen) atoms. The van der Waals surface area contributed by atoms with Gasteiger partial charge in [0.05, 0.1) is 5.60 Å². The molecule has 0 aliphatic heterocycles. The number of hydrogen-bond donors (Lipinski definition) is 1. The van der Waals surface area contributed by atoms with E-state index >= 15 is 0 Å². The predicted molar refractivity (Wildman–Crippen MR) is 63.4 cm³/mol. The molecule has 1 aromatic carbocycles. The van der Waals surface area contributed by atoms with Crippen LogP contribution in [0, 0.1) is 0 Å². The van der Waals surface area contributed by atoms with Gasteiger partial charge in [-0.3, -0.25) is 4.79 Å². The van der Waals surface area contributed by atoms with Gasteiger partial charge < -0.3 is 10.5 Å². The summed E-state index contributed by atoms with van der Waals surface area (Å²) in [7, 11) is 1.69. The molecule has 2 rings (SSSR count). The number of nitrogen functional groups attached to an aromatic ring is 1. The fourth-order valence-corrected chi connectivity index (χ4v) is 2.09. The van der Waals surface area contributed by atoms with Crippen molar-refractivity contribution in [1.29, 1.82) is 0 Å². The van der Waals surface area contributed by atoms with E-state index in [0.717, 1.165) is 24.8 Å². The van der Waals surface area contributed by atoms with Crippen molar-refractivity contribution < 1.29 is 9.53 Å². The number of ether oxygens (including phenoxy) is 1. The van der Waals surface area contributed by atoms with Gasteiger partial charge in [0.1, 0.15) is 0 Å². The Morgan fingerprint density at radius 3 is 2.44 bits per heavy atom. The van der Waals surface area contributed by atoms with E-state index in [1.807, 2.05) is 0 Å². The zero-order valence-electron chi connectivity index (χ0n) is 9.53. The van der Waals surface area contributed by atoms with E-state index in [4.69, 9.17) is 10.5 Å². The van der Waals surface area contributed by atoms with Crippen LogP contribution in [0.1, 0.15) is 36.0 Å². The van der Waals surface area contributed by atoms with E-state index in [9.17, 15) is 4.79 Å². The normalized spacial score (nSPS) is 17.8. The second-order valence-corrected chi connectivity index (χ2v) is 4.46. The van der Waals surface area contributed by atoms with Crippen molar-refractivity contribution in [2.45, 2.75) is 31.3 Å². The number of ketones is 1. The fourth-order valence-electron chi connectivity index (χ4n) is 2.09. The van der Waals surface area contributed by atoms with Crippen LogP contribution < -0.4 is 5.73 Å². The Morgan fingerprint density at radius 2 is 2.00 bits per heavy atom. The van der Waals surface area contributed by atoms with Gasteiger partial charge in [0.15, 0.2) is 5.78 Å². The van der Waals surface area contributed by atoms with Crippen LogP contribution in [0.5, 0.6) is 0 Å². The molecule has 0 amide bonds. The molecule has 0 radical (unpaired) electrons. The van der Waals surface area contributed by atoms with Crippen LogP contribution in [-0.4, -0.2) is 18.5 Å². The number of benzene rings is 1. The molecule has 0 spiro atoms. The first-order valence-electron chi connectivity index (χ1n) is 5.59. The number of Topliss-reactive ketones (excluding diaryl/α,β-unsaturated/α-hetero) is 1. The molecule has 1 aliphatic carbocycles. The molecule has 1 aromatic rings. The summed E-state index contributed by atoms with van der Waals surface area (Å²) in [5.74, 6) is 0.140. The van der Waals surface area contributed by atoms with Crippen molar-refractivity contribution in [3.05, 3.63) is 29.8 Å². The van der Waals surface area contributed by atoms with Gasteiger partial charge in [-0.15, -0.1) is 0 Å². The van der Waals surface area contributed by atoms with E-state index in [1.165, 1.54) is 0 Å². The zero-order chi connectivity index (χ0) is 11.6. The molecule has 0 unspecified atom stereocenters. The number of anilines is 1. The number of nitrogens with two attached hydrogens (primary N) is 1. The lowest BCUT2D eigenvalue weighted by Gasteiger charge is -2.40. The highest BCUT2D eigenvalue weighted by molar-refractivity contribution is 5.97. The molecule has 2 N–H and O–H groups in total. The molecule has 1 aliphatic rings. The third-order valence-corrected chi connectivity index (χ3v) is 3.41. The van der Waals surface area contributed by atoms with Gasteiger partial charge in [-0.05, 0) is 43.5 Å². The molecule has 3 heteroatoms. The third-order valence-electron chi connectivity index (χ3n) is 3.41. The highest BCUT2D eigenvalue weighted by atomic mass is 16.5. The van der Waals surface area contributed by atoms with Crippen molar-refractivity contribution >= 4 is 11.5 Å². The molecular weight excluding hydrogens is 202 g/mol. The van der Waals surface area contributed by atoms with Gasteiger partial charge in [-0.2, -0.15) is 0 Å². The lowest BCUT2D eigenvalue weighted by atomic mass is 9.76. The van der Waals surface area contributed by atoms with Crippen LogP contribution in [0.4, 0.5) is 5.69 Å². The maximum atomic E-state index is 12.0. The number of carbonyl (C=O) groups excluding carboxylic acids is 1. The minimum Gasteiger partial charge on any atom is -0.399 e. The van der Waals surface area contributed by atoms with Gasteiger partial charge >= 0.3 is 0 Å². The summed E-state index contributed by atoms with van der Waals surface area (Å²) in [5, 5.41) is 0. The highest BCUT2D eigenvalue weighted by Crippen LogP contribution is 2.38. The van der Waals surface area contributed by atoms with E-state index in [0.29, 0.717) is 12.1 Å². The van der Waals surface area contributed by atoms with Crippen LogP contribution in [0.3, 0.4) is 0 Å². The number of carbonyl (C=O) groups is 1. The molecule has 3 nitrogen and oxygen atoms in total. The molecule has 86 valence electrons. The first-order chi connectivity index (χ1) is 7.65. The molecule has 0 aromatic heterocycles. The topological polar surface area (TPSA) is 52.3 Å². The maximum Gasteiger partial charge on any atom is 0.165 e. The quantitative estimate of drug-likeness (QED) is 0.625. The number of hydrogen-bond acceptors (Lipinski definition) is 3. The van der Waals surface area contributed by atoms with Crippen LogP contribution in [-0.2, 0) is 4.74 Å². The lowest BCUT2D eigenvalue weighted by Crippen LogP contribution is -2.41. The summed E-state index contributed by atoms with van der Waals surface area (Å²) in [6, 6.07) is 7.07. The van der Waals surface area contributed by atoms with Gasteiger partial charge in [0, 0.05) is 24.8 Å². The highest BCUT2D eigenvalue weighted by Gasteiger charge is 2.38. The molecule has 0 saturated heterocycles. The van der Waals surface area contributed by atoms with Crippen LogP contribution in [0.2, 0.25) is 0 Å². The Labute approximate surface area is 95.6 Å². The second-order valence-electron chi connectivity index (χ2n) is 4.46. The summed E-state index contributed by atoms with van der Waals surface area (Å²) in [4.78, 5) is 12.0. The van der Waals surface area contributed by atoms with Gasteiger partial charge in [0.25, 0.3) is 0 Å². The van der Waals surface area contributed by atoms with Crippen LogP contribution in [0.25, 0.3) is 0 Å². The molecule has 1 fully saturated rings. The Balaban J connectivity index is 2.05. The first-order valence-corrected chi connectivity index (χ1v) is 5.59. The van der Waals surface area contributed by atoms with Gasteiger partial charge in [0.2, 0.25) is 0 Å². The summed E-state index contributed by atoms with van der Waals surface area (Å²) in [6.45, 7) is 0. The van der Waals surface area contributed by atoms with E-state index in [1.54, 1.807) is 31.4 Å². The Bertz CT molecular complexity index is 374. The van der Waals surface area contributed by atoms with E-state index < -0.39 is 0 Å². The van der Waals surface area contributed by atoms with Crippen LogP contribution in [0.15, 0.2) is 24.3 Å². The van der Waals surface area contributed by atoms with Crippen molar-refractivity contribution in [3.8, 4) is 0 Å². The third kappa shape index (κ3) is 2.09. The molecule has 0 heterocycles. The van der Waals surface area contributed by atoms with Gasteiger partial charge in [-0.1, -0.05) is 0 Å². The van der Waals surface area contributed by atoms with Crippen molar-refractivity contribution in [1.82, 2.24) is 0 Å². The van der Waals surface area contributed by atoms with Gasteiger partial charge in [-0.25, -0.2) is 0 Å². The summed E-state index contributed by atoms with van der Waals surface area (Å²) < 4.78 is 5.44. The average molecular weight is 219 g/mol. The van der Waals surface area contributed by atoms with Crippen molar-refractivity contribution in [3.63, 3.8) is 0 Å². The SMILES string of the molecule is COC1(CC(=O)c2ccc(N)cc2)CCC1. The summed E-state index contributed by atoms with van der Waals surface area (Å²) in [6.07, 6.45) is 3.62. The fraction of sp³-hybridized carbons (Fsp3) is 0.462. The minimum absolute atomic E-state index is 0.140. The monoisotopic (exact) mass is 219 g/mol. The maximum absolute atomic E-state index is 12.0. The molecule has 0 bridgehead atoms. The summed E-state index contributed by atoms with van der Waals surface area (Å²) >= 11 is 0. The molecule has 0 atom stereocenters. The Hall–Kier alpha value is -1.35. The van der Waals surface area contributed by atoms with Crippen molar-refractivity contribution in [2.24, 2.45) is 0 Å². The predicted octanol–water partition coefficient (Wildman–Crippen LogP) is 2.41. The molecule has 1 saturated carbocycles. The van der Waals surface area contributed by atoms with E-state index in [2.05, 4.69) is 0 Å². The Kier molecular flexibility index (Phi) is 2.97. The first kappa shape index (κ1) is 11.1. The minimum atomic E-state index is -0.196. The second kappa shape index (κ2) is 4.26. The molecular formula is C13H17NO2. The van der Waals surface area contributed by atoms with Crippen molar-refractivity contribution in [2.75, 3.05) is 12.8 Å². The number of methoxy groups -OCH3 is 1. The average Bonchev–Trinajstić information content (AvgIpc) is 2.24. The lowest BCUT2D eigenvalue weighted by molar-refractivity contribution is -0.0704. The smallest absolute Gasteiger partial charge is 0.165 e.